The second-order valence-electron chi connectivity index (χ2n) is 3.77. The lowest BCUT2D eigenvalue weighted by molar-refractivity contribution is -0.128. The van der Waals surface area contributed by atoms with Gasteiger partial charge in [0, 0.05) is 18.9 Å². The lowest BCUT2D eigenvalue weighted by Gasteiger charge is -2.25. The molecule has 0 aromatic rings. The monoisotopic (exact) mass is 183 g/mol. The summed E-state index contributed by atoms with van der Waals surface area (Å²) in [4.78, 5) is 22.3. The molecule has 0 atom stereocenters. The molecule has 1 amide bonds. The number of nitrogens with one attached hydrogen (secondary N) is 1. The smallest absolute Gasteiger partial charge is 0.222 e. The zero-order chi connectivity index (χ0) is 9.84. The van der Waals surface area contributed by atoms with Crippen molar-refractivity contribution in [3.05, 3.63) is 0 Å². The first-order valence-electron chi connectivity index (χ1n) is 4.87. The molecule has 74 valence electrons. The van der Waals surface area contributed by atoms with Crippen LogP contribution in [0.3, 0.4) is 0 Å². The van der Waals surface area contributed by atoms with Crippen molar-refractivity contribution in [2.24, 2.45) is 11.8 Å². The Morgan fingerprint density at radius 3 is 1.92 bits per heavy atom. The largest absolute Gasteiger partial charge is 0.359 e. The van der Waals surface area contributed by atoms with E-state index in [0.29, 0.717) is 0 Å². The molecule has 1 saturated carbocycles. The summed E-state index contributed by atoms with van der Waals surface area (Å²) in [6.45, 7) is 1.64. The number of Topliss-reactive ketones (excluding diaryl/α,β-unsaturated/α-hetero) is 1. The van der Waals surface area contributed by atoms with Crippen molar-refractivity contribution in [1.82, 2.24) is 5.32 Å². The predicted molar refractivity (Wildman–Crippen MR) is 50.2 cm³/mol. The SMILES string of the molecule is CNC(=O)[C@H]1CC[C@@H](C(C)=O)CC1. The topological polar surface area (TPSA) is 46.2 Å². The maximum Gasteiger partial charge on any atom is 0.222 e. The molecule has 3 nitrogen and oxygen atoms in total. The van der Waals surface area contributed by atoms with Crippen LogP contribution in [-0.2, 0) is 9.59 Å². The average molecular weight is 183 g/mol. The van der Waals surface area contributed by atoms with Gasteiger partial charge in [-0.15, -0.1) is 0 Å². The Labute approximate surface area is 78.9 Å². The molecule has 0 radical (unpaired) electrons. The first-order valence-corrected chi connectivity index (χ1v) is 4.87. The van der Waals surface area contributed by atoms with Crippen molar-refractivity contribution < 1.29 is 9.59 Å². The number of rotatable bonds is 2. The Balaban J connectivity index is 2.39. The fraction of sp³-hybridized carbons (Fsp3) is 0.800. The molecule has 13 heavy (non-hydrogen) atoms. The summed E-state index contributed by atoms with van der Waals surface area (Å²) in [5.74, 6) is 0.749. The molecule has 0 heterocycles. The molecule has 1 aliphatic rings. The van der Waals surface area contributed by atoms with Crippen LogP contribution in [0.5, 0.6) is 0 Å². The van der Waals surface area contributed by atoms with E-state index in [9.17, 15) is 9.59 Å². The van der Waals surface area contributed by atoms with Crippen LogP contribution in [0.15, 0.2) is 0 Å². The molecule has 0 aromatic heterocycles. The molecule has 0 saturated heterocycles. The van der Waals surface area contributed by atoms with E-state index in [4.69, 9.17) is 0 Å². The van der Waals surface area contributed by atoms with Crippen molar-refractivity contribution >= 4 is 11.7 Å². The summed E-state index contributed by atoms with van der Waals surface area (Å²) in [6.07, 6.45) is 3.49. The third kappa shape index (κ3) is 2.54. The molecule has 1 rings (SSSR count). The Hall–Kier alpha value is -0.860. The normalized spacial score (nSPS) is 28.2. The summed E-state index contributed by atoms with van der Waals surface area (Å²) in [5, 5.41) is 2.65. The van der Waals surface area contributed by atoms with Gasteiger partial charge in [0.2, 0.25) is 5.91 Å². The van der Waals surface area contributed by atoms with Crippen LogP contribution in [-0.4, -0.2) is 18.7 Å². The fourth-order valence-corrected chi connectivity index (χ4v) is 1.97. The van der Waals surface area contributed by atoms with Crippen LogP contribution in [0.1, 0.15) is 32.6 Å². The van der Waals surface area contributed by atoms with E-state index in [1.807, 2.05) is 0 Å². The Morgan fingerprint density at radius 1 is 1.08 bits per heavy atom. The van der Waals surface area contributed by atoms with Crippen LogP contribution in [0.2, 0.25) is 0 Å². The predicted octanol–water partition coefficient (Wildman–Crippen LogP) is 1.13. The number of hydrogen-bond donors (Lipinski definition) is 1. The summed E-state index contributed by atoms with van der Waals surface area (Å²) < 4.78 is 0. The molecular weight excluding hydrogens is 166 g/mol. The minimum atomic E-state index is 0.127. The fourth-order valence-electron chi connectivity index (χ4n) is 1.97. The highest BCUT2D eigenvalue weighted by Crippen LogP contribution is 2.29. The lowest BCUT2D eigenvalue weighted by Crippen LogP contribution is -2.31. The highest BCUT2D eigenvalue weighted by Gasteiger charge is 2.27. The van der Waals surface area contributed by atoms with Crippen molar-refractivity contribution in [3.8, 4) is 0 Å². The second-order valence-corrected chi connectivity index (χ2v) is 3.77. The van der Waals surface area contributed by atoms with Crippen molar-refractivity contribution in [3.63, 3.8) is 0 Å². The number of amides is 1. The van der Waals surface area contributed by atoms with E-state index in [1.165, 1.54) is 0 Å². The zero-order valence-corrected chi connectivity index (χ0v) is 8.30. The zero-order valence-electron chi connectivity index (χ0n) is 8.30. The van der Waals surface area contributed by atoms with Gasteiger partial charge in [0.15, 0.2) is 0 Å². The molecule has 1 aliphatic carbocycles. The molecule has 1 fully saturated rings. The molecule has 3 heteroatoms. The van der Waals surface area contributed by atoms with Gasteiger partial charge in [0.05, 0.1) is 0 Å². The highest BCUT2D eigenvalue weighted by molar-refractivity contribution is 5.80. The third-order valence-corrected chi connectivity index (χ3v) is 2.92. The second kappa shape index (κ2) is 4.40. The number of hydrogen-bond acceptors (Lipinski definition) is 2. The summed E-state index contributed by atoms with van der Waals surface area (Å²) >= 11 is 0. The molecule has 0 aromatic carbocycles. The minimum Gasteiger partial charge on any atom is -0.359 e. The van der Waals surface area contributed by atoms with E-state index < -0.39 is 0 Å². The number of ketones is 1. The maximum atomic E-state index is 11.2. The van der Waals surface area contributed by atoms with Gasteiger partial charge >= 0.3 is 0 Å². The highest BCUT2D eigenvalue weighted by atomic mass is 16.1. The van der Waals surface area contributed by atoms with Crippen LogP contribution >= 0.6 is 0 Å². The van der Waals surface area contributed by atoms with Crippen molar-refractivity contribution in [2.45, 2.75) is 32.6 Å². The van der Waals surface area contributed by atoms with Gasteiger partial charge in [0.25, 0.3) is 0 Å². The van der Waals surface area contributed by atoms with Crippen LogP contribution in [0.25, 0.3) is 0 Å². The Morgan fingerprint density at radius 2 is 1.54 bits per heavy atom. The molecule has 0 unspecified atom stereocenters. The quantitative estimate of drug-likeness (QED) is 0.697. The van der Waals surface area contributed by atoms with Crippen molar-refractivity contribution in [1.29, 1.82) is 0 Å². The average Bonchev–Trinajstić information content (AvgIpc) is 2.17. The molecular formula is C10H17NO2. The summed E-state index contributed by atoms with van der Waals surface area (Å²) in [6, 6.07) is 0. The lowest BCUT2D eigenvalue weighted by atomic mass is 9.80. The van der Waals surface area contributed by atoms with Crippen LogP contribution in [0.4, 0.5) is 0 Å². The molecule has 1 N–H and O–H groups in total. The third-order valence-electron chi connectivity index (χ3n) is 2.92. The van der Waals surface area contributed by atoms with Gasteiger partial charge < -0.3 is 5.32 Å². The summed E-state index contributed by atoms with van der Waals surface area (Å²) in [7, 11) is 1.67. The van der Waals surface area contributed by atoms with Gasteiger partial charge in [-0.1, -0.05) is 0 Å². The first kappa shape index (κ1) is 10.2. The van der Waals surface area contributed by atoms with E-state index in [0.717, 1.165) is 25.7 Å². The van der Waals surface area contributed by atoms with E-state index in [-0.39, 0.29) is 23.5 Å². The minimum absolute atomic E-state index is 0.127. The molecule has 0 spiro atoms. The van der Waals surface area contributed by atoms with Gasteiger partial charge in [0.1, 0.15) is 5.78 Å². The van der Waals surface area contributed by atoms with Gasteiger partial charge in [-0.3, -0.25) is 9.59 Å². The first-order chi connectivity index (χ1) is 6.15. The number of carbonyl (C=O) groups is 2. The molecule has 0 aliphatic heterocycles. The van der Waals surface area contributed by atoms with E-state index in [1.54, 1.807) is 14.0 Å². The Kier molecular flexibility index (Phi) is 3.46. The maximum absolute atomic E-state index is 11.2. The van der Waals surface area contributed by atoms with Gasteiger partial charge in [-0.25, -0.2) is 0 Å². The van der Waals surface area contributed by atoms with Crippen molar-refractivity contribution in [2.75, 3.05) is 7.05 Å². The van der Waals surface area contributed by atoms with Gasteiger partial charge in [-0.05, 0) is 32.6 Å². The van der Waals surface area contributed by atoms with Crippen LogP contribution < -0.4 is 5.32 Å². The van der Waals surface area contributed by atoms with E-state index >= 15 is 0 Å². The summed E-state index contributed by atoms with van der Waals surface area (Å²) in [5.41, 5.74) is 0. The number of carbonyl (C=O) groups excluding carboxylic acids is 2. The molecule has 0 bridgehead atoms. The Bertz CT molecular complexity index is 205. The standard InChI is InChI=1S/C10H17NO2/c1-7(12)8-3-5-9(6-4-8)10(13)11-2/h8-9H,3-6H2,1-2H3,(H,11,13)/t8-,9+. The van der Waals surface area contributed by atoms with Gasteiger partial charge in [-0.2, -0.15) is 0 Å². The van der Waals surface area contributed by atoms with E-state index in [2.05, 4.69) is 5.32 Å². The van der Waals surface area contributed by atoms with Crippen LogP contribution in [0, 0.1) is 11.8 Å².